The van der Waals surface area contributed by atoms with Crippen LogP contribution in [0.4, 0.5) is 0 Å². The third-order valence-corrected chi connectivity index (χ3v) is 3.63. The van der Waals surface area contributed by atoms with Gasteiger partial charge in [-0.05, 0) is 12.1 Å². The van der Waals surface area contributed by atoms with Gasteiger partial charge in [-0.1, -0.05) is 28.1 Å². The average Bonchev–Trinajstić information content (AvgIpc) is 2.26. The summed E-state index contributed by atoms with van der Waals surface area (Å²) < 4.78 is 5.20. The fourth-order valence-electron chi connectivity index (χ4n) is 0.969. The van der Waals surface area contributed by atoms with Crippen molar-refractivity contribution in [3.05, 3.63) is 24.3 Å². The van der Waals surface area contributed by atoms with Crippen LogP contribution in [-0.4, -0.2) is 29.4 Å². The number of ether oxygens (including phenoxy) is 1. The molecule has 1 atom stereocenters. The Kier molecular flexibility index (Phi) is 5.37. The molecular formula is C10H13BrO2S. The number of halogens is 1. The Labute approximate surface area is 96.8 Å². The molecule has 0 aromatic heterocycles. The number of hydrogen-bond acceptors (Lipinski definition) is 3. The number of para-hydroxylation sites is 1. The van der Waals surface area contributed by atoms with Crippen LogP contribution in [0.15, 0.2) is 29.2 Å². The van der Waals surface area contributed by atoms with Gasteiger partial charge in [-0.15, -0.1) is 11.8 Å². The first kappa shape index (κ1) is 11.9. The smallest absolute Gasteiger partial charge is 0.132 e. The summed E-state index contributed by atoms with van der Waals surface area (Å²) in [5.74, 6) is 1.53. The van der Waals surface area contributed by atoms with Crippen molar-refractivity contribution in [1.82, 2.24) is 0 Å². The van der Waals surface area contributed by atoms with Crippen molar-refractivity contribution in [2.45, 2.75) is 11.0 Å². The number of aliphatic hydroxyl groups is 1. The predicted octanol–water partition coefficient (Wildman–Crippen LogP) is 2.54. The van der Waals surface area contributed by atoms with E-state index in [0.29, 0.717) is 11.1 Å². The van der Waals surface area contributed by atoms with Crippen LogP contribution in [0.25, 0.3) is 0 Å². The lowest BCUT2D eigenvalue weighted by molar-refractivity contribution is 0.226. The molecule has 0 bridgehead atoms. The van der Waals surface area contributed by atoms with E-state index in [1.807, 2.05) is 24.3 Å². The van der Waals surface area contributed by atoms with Crippen molar-refractivity contribution in [3.8, 4) is 5.75 Å². The Bertz CT molecular complexity index is 281. The van der Waals surface area contributed by atoms with E-state index in [1.165, 1.54) is 0 Å². The van der Waals surface area contributed by atoms with E-state index in [0.717, 1.165) is 10.6 Å². The monoisotopic (exact) mass is 276 g/mol. The van der Waals surface area contributed by atoms with E-state index in [1.54, 1.807) is 18.9 Å². The second kappa shape index (κ2) is 6.32. The summed E-state index contributed by atoms with van der Waals surface area (Å²) in [6.45, 7) is 0. The molecule has 0 spiro atoms. The number of methoxy groups -OCH3 is 1. The first-order valence-corrected chi connectivity index (χ1v) is 6.38. The maximum Gasteiger partial charge on any atom is 0.132 e. The van der Waals surface area contributed by atoms with E-state index in [9.17, 15) is 5.11 Å². The maximum absolute atomic E-state index is 9.37. The first-order valence-electron chi connectivity index (χ1n) is 4.27. The Morgan fingerprint density at radius 1 is 1.50 bits per heavy atom. The Hall–Kier alpha value is -0.190. The topological polar surface area (TPSA) is 29.5 Å². The molecule has 0 aliphatic heterocycles. The maximum atomic E-state index is 9.37. The lowest BCUT2D eigenvalue weighted by Crippen LogP contribution is -2.10. The molecule has 0 radical (unpaired) electrons. The fraction of sp³-hybridized carbons (Fsp3) is 0.400. The Morgan fingerprint density at radius 3 is 2.86 bits per heavy atom. The number of benzene rings is 1. The normalized spacial score (nSPS) is 12.5. The predicted molar refractivity (Wildman–Crippen MR) is 63.5 cm³/mol. The van der Waals surface area contributed by atoms with Gasteiger partial charge in [0.05, 0.1) is 13.2 Å². The SMILES string of the molecule is COc1ccccc1SCC(O)CBr. The molecule has 1 aromatic rings. The van der Waals surface area contributed by atoms with E-state index < -0.39 is 0 Å². The summed E-state index contributed by atoms with van der Waals surface area (Å²) in [6, 6.07) is 7.81. The van der Waals surface area contributed by atoms with Gasteiger partial charge in [0.15, 0.2) is 0 Å². The summed E-state index contributed by atoms with van der Waals surface area (Å²) in [7, 11) is 1.65. The highest BCUT2D eigenvalue weighted by Gasteiger charge is 2.06. The summed E-state index contributed by atoms with van der Waals surface area (Å²) in [5, 5.41) is 9.98. The lowest BCUT2D eigenvalue weighted by atomic mass is 10.3. The molecule has 0 saturated heterocycles. The van der Waals surface area contributed by atoms with Gasteiger partial charge in [0.1, 0.15) is 5.75 Å². The first-order chi connectivity index (χ1) is 6.77. The van der Waals surface area contributed by atoms with Gasteiger partial charge >= 0.3 is 0 Å². The van der Waals surface area contributed by atoms with Crippen molar-refractivity contribution < 1.29 is 9.84 Å². The quantitative estimate of drug-likeness (QED) is 0.662. The molecule has 0 aliphatic rings. The number of rotatable bonds is 5. The van der Waals surface area contributed by atoms with Crippen molar-refractivity contribution in [2.24, 2.45) is 0 Å². The summed E-state index contributed by atoms with van der Waals surface area (Å²) in [6.07, 6.45) is -0.315. The van der Waals surface area contributed by atoms with Gasteiger partial charge < -0.3 is 9.84 Å². The summed E-state index contributed by atoms with van der Waals surface area (Å²) >= 11 is 4.83. The molecule has 1 aromatic carbocycles. The highest BCUT2D eigenvalue weighted by molar-refractivity contribution is 9.09. The minimum Gasteiger partial charge on any atom is -0.496 e. The zero-order valence-corrected chi connectivity index (χ0v) is 10.3. The second-order valence-electron chi connectivity index (χ2n) is 2.77. The van der Waals surface area contributed by atoms with Gasteiger partial charge in [0.2, 0.25) is 0 Å². The molecule has 1 rings (SSSR count). The molecule has 0 amide bonds. The molecule has 0 aliphatic carbocycles. The zero-order chi connectivity index (χ0) is 10.4. The Morgan fingerprint density at radius 2 is 2.21 bits per heavy atom. The summed E-state index contributed by atoms with van der Waals surface area (Å²) in [5.41, 5.74) is 0. The average molecular weight is 277 g/mol. The number of thioether (sulfide) groups is 1. The van der Waals surface area contributed by atoms with Crippen molar-refractivity contribution in [2.75, 3.05) is 18.2 Å². The molecule has 0 saturated carbocycles. The third kappa shape index (κ3) is 3.52. The van der Waals surface area contributed by atoms with E-state index in [-0.39, 0.29) is 6.10 Å². The largest absolute Gasteiger partial charge is 0.496 e. The van der Waals surface area contributed by atoms with Crippen LogP contribution in [0.3, 0.4) is 0 Å². The van der Waals surface area contributed by atoms with Crippen LogP contribution in [0.2, 0.25) is 0 Å². The van der Waals surface area contributed by atoms with Gasteiger partial charge in [-0.25, -0.2) is 0 Å². The Balaban J connectivity index is 2.57. The van der Waals surface area contributed by atoms with E-state index in [4.69, 9.17) is 4.74 Å². The minimum absolute atomic E-state index is 0.315. The molecule has 0 fully saturated rings. The van der Waals surface area contributed by atoms with Gasteiger partial charge in [-0.2, -0.15) is 0 Å². The van der Waals surface area contributed by atoms with E-state index in [2.05, 4.69) is 15.9 Å². The van der Waals surface area contributed by atoms with Crippen LogP contribution < -0.4 is 4.74 Å². The zero-order valence-electron chi connectivity index (χ0n) is 7.94. The van der Waals surface area contributed by atoms with Crippen molar-refractivity contribution in [3.63, 3.8) is 0 Å². The number of aliphatic hydroxyl groups excluding tert-OH is 1. The molecule has 4 heteroatoms. The highest BCUT2D eigenvalue weighted by atomic mass is 79.9. The number of alkyl halides is 1. The number of hydrogen-bond donors (Lipinski definition) is 1. The fourth-order valence-corrected chi connectivity index (χ4v) is 2.46. The molecule has 2 nitrogen and oxygen atoms in total. The molecule has 14 heavy (non-hydrogen) atoms. The molecule has 1 N–H and O–H groups in total. The molecule has 1 unspecified atom stereocenters. The lowest BCUT2D eigenvalue weighted by Gasteiger charge is -2.09. The molecule has 0 heterocycles. The van der Waals surface area contributed by atoms with Gasteiger partial charge in [0, 0.05) is 16.0 Å². The second-order valence-corrected chi connectivity index (χ2v) is 4.48. The van der Waals surface area contributed by atoms with Crippen LogP contribution in [0.1, 0.15) is 0 Å². The molecule has 78 valence electrons. The van der Waals surface area contributed by atoms with Crippen LogP contribution in [-0.2, 0) is 0 Å². The van der Waals surface area contributed by atoms with Crippen LogP contribution in [0, 0.1) is 0 Å². The molecular weight excluding hydrogens is 264 g/mol. The summed E-state index contributed by atoms with van der Waals surface area (Å²) in [4.78, 5) is 1.06. The van der Waals surface area contributed by atoms with Gasteiger partial charge in [0.25, 0.3) is 0 Å². The van der Waals surface area contributed by atoms with Crippen LogP contribution >= 0.6 is 27.7 Å². The highest BCUT2D eigenvalue weighted by Crippen LogP contribution is 2.29. The van der Waals surface area contributed by atoms with Gasteiger partial charge in [-0.3, -0.25) is 0 Å². The van der Waals surface area contributed by atoms with Crippen molar-refractivity contribution in [1.29, 1.82) is 0 Å². The standard InChI is InChI=1S/C10H13BrO2S/c1-13-9-4-2-3-5-10(9)14-7-8(12)6-11/h2-5,8,12H,6-7H2,1H3. The van der Waals surface area contributed by atoms with Crippen molar-refractivity contribution >= 4 is 27.7 Å². The third-order valence-electron chi connectivity index (χ3n) is 1.68. The van der Waals surface area contributed by atoms with E-state index >= 15 is 0 Å². The minimum atomic E-state index is -0.315. The van der Waals surface area contributed by atoms with Crippen LogP contribution in [0.5, 0.6) is 5.75 Å².